The molecule has 0 aliphatic carbocycles. The fourth-order valence-corrected chi connectivity index (χ4v) is 2.19. The van der Waals surface area contributed by atoms with Gasteiger partial charge in [0.25, 0.3) is 0 Å². The van der Waals surface area contributed by atoms with Crippen molar-refractivity contribution in [3.63, 3.8) is 0 Å². The molecule has 2 heterocycles. The Bertz CT molecular complexity index is 510. The van der Waals surface area contributed by atoms with Crippen LogP contribution in [-0.4, -0.2) is 24.1 Å². The molecule has 0 fully saturated rings. The van der Waals surface area contributed by atoms with Gasteiger partial charge in [-0.15, -0.1) is 10.2 Å². The highest BCUT2D eigenvalue weighted by Gasteiger charge is 2.19. The number of hydrogen-bond acceptors (Lipinski definition) is 6. The Morgan fingerprint density at radius 1 is 1.39 bits per heavy atom. The summed E-state index contributed by atoms with van der Waals surface area (Å²) in [6.45, 7) is 9.86. The van der Waals surface area contributed by atoms with Gasteiger partial charge in [0, 0.05) is 23.5 Å². The van der Waals surface area contributed by atoms with Gasteiger partial charge < -0.3 is 9.88 Å². The van der Waals surface area contributed by atoms with Crippen molar-refractivity contribution in [2.45, 2.75) is 46.2 Å². The number of aryl methyl sites for hydroxylation is 1. The summed E-state index contributed by atoms with van der Waals surface area (Å²) >= 11 is 1.38. The Morgan fingerprint density at radius 2 is 2.17 bits per heavy atom. The maximum atomic E-state index is 4.48. The summed E-state index contributed by atoms with van der Waals surface area (Å²) in [5, 5.41) is 12.0. The minimum atomic E-state index is -0.0140. The van der Waals surface area contributed by atoms with Crippen LogP contribution >= 0.6 is 11.5 Å². The number of anilines is 1. The third kappa shape index (κ3) is 2.84. The molecule has 0 amide bonds. The van der Waals surface area contributed by atoms with Crippen molar-refractivity contribution >= 4 is 16.7 Å². The van der Waals surface area contributed by atoms with Crippen LogP contribution in [0.15, 0.2) is 6.33 Å². The van der Waals surface area contributed by atoms with Crippen molar-refractivity contribution in [2.75, 3.05) is 5.32 Å². The summed E-state index contributed by atoms with van der Waals surface area (Å²) in [5.41, 5.74) is -0.0140. The molecular formula is C11H18N6S. The van der Waals surface area contributed by atoms with E-state index in [1.165, 1.54) is 11.5 Å². The van der Waals surface area contributed by atoms with E-state index < -0.39 is 0 Å². The zero-order chi connectivity index (χ0) is 13.2. The Labute approximate surface area is 111 Å². The van der Waals surface area contributed by atoms with Gasteiger partial charge in [0.05, 0.1) is 6.54 Å². The van der Waals surface area contributed by atoms with Gasteiger partial charge in [0.1, 0.15) is 12.2 Å². The van der Waals surface area contributed by atoms with Crippen molar-refractivity contribution in [1.82, 2.24) is 24.1 Å². The standard InChI is InChI=1S/C11H18N6S/c1-5-17-7-13-15-8(17)6-12-10-14-9(16-18-10)11(2,3)4/h7H,5-6H2,1-4H3,(H,12,14,16). The number of rotatable bonds is 4. The third-order valence-electron chi connectivity index (χ3n) is 2.53. The number of nitrogens with one attached hydrogen (secondary N) is 1. The van der Waals surface area contributed by atoms with Crippen molar-refractivity contribution < 1.29 is 0 Å². The van der Waals surface area contributed by atoms with Gasteiger partial charge in [-0.05, 0) is 6.92 Å². The summed E-state index contributed by atoms with van der Waals surface area (Å²) in [6, 6.07) is 0. The van der Waals surface area contributed by atoms with E-state index in [0.29, 0.717) is 6.54 Å². The molecule has 0 aromatic carbocycles. The highest BCUT2D eigenvalue weighted by molar-refractivity contribution is 7.09. The molecule has 0 bridgehead atoms. The van der Waals surface area contributed by atoms with Gasteiger partial charge in [-0.3, -0.25) is 0 Å². The van der Waals surface area contributed by atoms with E-state index in [9.17, 15) is 0 Å². The molecule has 0 aliphatic heterocycles. The van der Waals surface area contributed by atoms with Crippen LogP contribution in [-0.2, 0) is 18.5 Å². The second-order valence-corrected chi connectivity index (χ2v) is 5.81. The van der Waals surface area contributed by atoms with Gasteiger partial charge in [-0.25, -0.2) is 4.98 Å². The highest BCUT2D eigenvalue weighted by Crippen LogP contribution is 2.23. The van der Waals surface area contributed by atoms with Crippen LogP contribution in [0.25, 0.3) is 0 Å². The van der Waals surface area contributed by atoms with E-state index in [2.05, 4.69) is 52.6 Å². The lowest BCUT2D eigenvalue weighted by Gasteiger charge is -2.12. The molecule has 0 saturated carbocycles. The number of hydrogen-bond donors (Lipinski definition) is 1. The smallest absolute Gasteiger partial charge is 0.202 e. The summed E-state index contributed by atoms with van der Waals surface area (Å²) in [7, 11) is 0. The van der Waals surface area contributed by atoms with Crippen LogP contribution in [0, 0.1) is 0 Å². The zero-order valence-corrected chi connectivity index (χ0v) is 12.0. The second kappa shape index (κ2) is 5.01. The number of aromatic nitrogens is 5. The van der Waals surface area contributed by atoms with Gasteiger partial charge >= 0.3 is 0 Å². The first-order valence-electron chi connectivity index (χ1n) is 5.95. The predicted molar refractivity (Wildman–Crippen MR) is 71.6 cm³/mol. The largest absolute Gasteiger partial charge is 0.353 e. The second-order valence-electron chi connectivity index (χ2n) is 5.06. The highest BCUT2D eigenvalue weighted by atomic mass is 32.1. The first-order valence-corrected chi connectivity index (χ1v) is 6.72. The van der Waals surface area contributed by atoms with Crippen molar-refractivity contribution in [1.29, 1.82) is 0 Å². The minimum absolute atomic E-state index is 0.0140. The predicted octanol–water partition coefficient (Wildman–Crippen LogP) is 2.06. The van der Waals surface area contributed by atoms with E-state index >= 15 is 0 Å². The SMILES string of the molecule is CCn1cnnc1CNc1nc(C(C)(C)C)ns1. The monoisotopic (exact) mass is 266 g/mol. The zero-order valence-electron chi connectivity index (χ0n) is 11.1. The molecule has 2 aromatic heterocycles. The minimum Gasteiger partial charge on any atom is -0.353 e. The summed E-state index contributed by atoms with van der Waals surface area (Å²) in [5.74, 6) is 1.77. The van der Waals surface area contributed by atoms with E-state index in [-0.39, 0.29) is 5.41 Å². The van der Waals surface area contributed by atoms with Gasteiger partial charge in [-0.1, -0.05) is 20.8 Å². The van der Waals surface area contributed by atoms with Crippen LogP contribution in [0.3, 0.4) is 0 Å². The molecule has 18 heavy (non-hydrogen) atoms. The van der Waals surface area contributed by atoms with Crippen LogP contribution in [0.1, 0.15) is 39.3 Å². The van der Waals surface area contributed by atoms with E-state index in [1.54, 1.807) is 6.33 Å². The molecule has 2 rings (SSSR count). The molecule has 0 spiro atoms. The molecule has 0 atom stereocenters. The lowest BCUT2D eigenvalue weighted by Crippen LogP contribution is -2.13. The summed E-state index contributed by atoms with van der Waals surface area (Å²) in [6.07, 6.45) is 1.73. The van der Waals surface area contributed by atoms with Gasteiger partial charge in [0.2, 0.25) is 5.13 Å². The van der Waals surface area contributed by atoms with Crippen LogP contribution in [0.4, 0.5) is 5.13 Å². The van der Waals surface area contributed by atoms with Crippen LogP contribution < -0.4 is 5.32 Å². The Morgan fingerprint density at radius 3 is 2.78 bits per heavy atom. The molecule has 0 unspecified atom stereocenters. The molecule has 0 saturated heterocycles. The Hall–Kier alpha value is -1.50. The van der Waals surface area contributed by atoms with E-state index in [0.717, 1.165) is 23.3 Å². The normalized spacial score (nSPS) is 11.8. The molecular weight excluding hydrogens is 248 g/mol. The molecule has 0 radical (unpaired) electrons. The topological polar surface area (TPSA) is 68.5 Å². The van der Waals surface area contributed by atoms with Crippen LogP contribution in [0.5, 0.6) is 0 Å². The summed E-state index contributed by atoms with van der Waals surface area (Å²) < 4.78 is 6.35. The third-order valence-corrected chi connectivity index (χ3v) is 3.20. The first kappa shape index (κ1) is 12.9. The van der Waals surface area contributed by atoms with Gasteiger partial charge in [-0.2, -0.15) is 4.37 Å². The fraction of sp³-hybridized carbons (Fsp3) is 0.636. The molecule has 98 valence electrons. The summed E-state index contributed by atoms with van der Waals surface area (Å²) in [4.78, 5) is 4.48. The lowest BCUT2D eigenvalue weighted by molar-refractivity contribution is 0.555. The molecule has 1 N–H and O–H groups in total. The van der Waals surface area contributed by atoms with Crippen molar-refractivity contribution in [3.8, 4) is 0 Å². The molecule has 0 aliphatic rings. The lowest BCUT2D eigenvalue weighted by atomic mass is 9.96. The van der Waals surface area contributed by atoms with Crippen molar-refractivity contribution in [2.24, 2.45) is 0 Å². The molecule has 2 aromatic rings. The first-order chi connectivity index (χ1) is 8.50. The van der Waals surface area contributed by atoms with E-state index in [4.69, 9.17) is 0 Å². The maximum absolute atomic E-state index is 4.48. The van der Waals surface area contributed by atoms with Gasteiger partial charge in [0.15, 0.2) is 5.82 Å². The van der Waals surface area contributed by atoms with E-state index in [1.807, 2.05) is 4.57 Å². The molecule has 6 nitrogen and oxygen atoms in total. The Kier molecular flexibility index (Phi) is 3.60. The Balaban J connectivity index is 2.01. The number of nitrogens with zero attached hydrogens (tertiary/aromatic N) is 5. The van der Waals surface area contributed by atoms with Crippen molar-refractivity contribution in [3.05, 3.63) is 18.0 Å². The van der Waals surface area contributed by atoms with Crippen LogP contribution in [0.2, 0.25) is 0 Å². The average molecular weight is 266 g/mol. The quantitative estimate of drug-likeness (QED) is 0.917. The average Bonchev–Trinajstić information content (AvgIpc) is 2.94. The molecule has 7 heteroatoms. The fourth-order valence-electron chi connectivity index (χ4n) is 1.43. The maximum Gasteiger partial charge on any atom is 0.202 e.